The number of carboxylic acids is 1. The minimum atomic E-state index is -1.24. The number of oxime groups is 1. The van der Waals surface area contributed by atoms with E-state index in [0.717, 1.165) is 16.2 Å². The molecule has 1 aromatic heterocycles. The van der Waals surface area contributed by atoms with Crippen molar-refractivity contribution in [3.05, 3.63) is 35.0 Å². The molecule has 0 unspecified atom stereocenters. The van der Waals surface area contributed by atoms with Crippen LogP contribution in [0.2, 0.25) is 0 Å². The number of nitrogens with one attached hydrogen (secondary N) is 1. The Bertz CT molecular complexity index is 883. The van der Waals surface area contributed by atoms with Gasteiger partial charge in [0.1, 0.15) is 22.8 Å². The SMILES string of the molecule is C=CC1=C(C(=O)O)N2C(=O)[C@@H](NC(=O)C(=NO)c3csc(N)n3)[C@H]2SC1.[NaH]. The molecule has 0 aliphatic carbocycles. The van der Waals surface area contributed by atoms with Crippen molar-refractivity contribution in [3.63, 3.8) is 0 Å². The molecule has 3 heterocycles. The van der Waals surface area contributed by atoms with Gasteiger partial charge >= 0.3 is 35.5 Å². The third-order valence-corrected chi connectivity index (χ3v) is 5.79. The predicted octanol–water partition coefficient (Wildman–Crippen LogP) is -0.820. The normalized spacial score (nSPS) is 21.7. The van der Waals surface area contributed by atoms with E-state index in [1.165, 1.54) is 23.2 Å². The summed E-state index contributed by atoms with van der Waals surface area (Å²) in [4.78, 5) is 41.2. The number of nitrogens with two attached hydrogens (primary N) is 1. The molecule has 2 atom stereocenters. The quantitative estimate of drug-likeness (QED) is 0.158. The van der Waals surface area contributed by atoms with E-state index in [1.54, 1.807) is 0 Å². The minimum absolute atomic E-state index is 0. The van der Waals surface area contributed by atoms with Crippen molar-refractivity contribution in [3.8, 4) is 0 Å². The maximum atomic E-state index is 12.4. The second kappa shape index (κ2) is 8.44. The second-order valence-electron chi connectivity index (χ2n) is 5.26. The molecule has 0 radical (unpaired) electrons. The number of β-lactam (4-membered cyclic amide) rings is 1. The van der Waals surface area contributed by atoms with Gasteiger partial charge in [-0.05, 0) is 5.57 Å². The van der Waals surface area contributed by atoms with Crippen LogP contribution in [0.4, 0.5) is 5.13 Å². The number of hydrogen-bond donors (Lipinski definition) is 4. The van der Waals surface area contributed by atoms with Gasteiger partial charge in [-0.1, -0.05) is 17.8 Å². The number of nitrogen functional groups attached to an aromatic ring is 1. The van der Waals surface area contributed by atoms with Gasteiger partial charge in [0.2, 0.25) is 0 Å². The van der Waals surface area contributed by atoms with Gasteiger partial charge in [0.25, 0.3) is 11.8 Å². The van der Waals surface area contributed by atoms with Crippen LogP contribution >= 0.6 is 23.1 Å². The first-order chi connectivity index (χ1) is 12.4. The molecule has 1 aromatic rings. The number of carbonyl (C=O) groups is 3. The fourth-order valence-electron chi connectivity index (χ4n) is 2.62. The number of nitrogens with zero attached hydrogens (tertiary/aromatic N) is 3. The van der Waals surface area contributed by atoms with Gasteiger partial charge in [0.05, 0.1) is 0 Å². The summed E-state index contributed by atoms with van der Waals surface area (Å²) in [5.74, 6) is -2.27. The van der Waals surface area contributed by atoms with E-state index in [4.69, 9.17) is 10.9 Å². The Balaban J connectivity index is 0.00000261. The molecule has 27 heavy (non-hydrogen) atoms. The zero-order chi connectivity index (χ0) is 19.0. The average Bonchev–Trinajstić information content (AvgIpc) is 3.04. The Morgan fingerprint density at radius 3 is 2.74 bits per heavy atom. The van der Waals surface area contributed by atoms with Crippen LogP contribution in [0.15, 0.2) is 34.5 Å². The Morgan fingerprint density at radius 2 is 2.22 bits per heavy atom. The van der Waals surface area contributed by atoms with Crippen molar-refractivity contribution in [1.82, 2.24) is 15.2 Å². The van der Waals surface area contributed by atoms with Crippen LogP contribution in [-0.4, -0.2) is 90.4 Å². The van der Waals surface area contributed by atoms with Crippen LogP contribution in [0, 0.1) is 0 Å². The first-order valence-corrected chi connectivity index (χ1v) is 9.09. The van der Waals surface area contributed by atoms with Gasteiger partial charge in [0, 0.05) is 11.1 Å². The Hall–Kier alpha value is -1.86. The topological polar surface area (TPSA) is 158 Å². The first-order valence-electron chi connectivity index (χ1n) is 7.16. The number of fused-ring (bicyclic) bond motifs is 1. The van der Waals surface area contributed by atoms with E-state index >= 15 is 0 Å². The van der Waals surface area contributed by atoms with Crippen LogP contribution in [0.3, 0.4) is 0 Å². The molecule has 10 nitrogen and oxygen atoms in total. The van der Waals surface area contributed by atoms with E-state index < -0.39 is 29.2 Å². The maximum absolute atomic E-state index is 12.4. The Kier molecular flexibility index (Phi) is 6.70. The molecule has 5 N–H and O–H groups in total. The molecule has 2 amide bonds. The summed E-state index contributed by atoms with van der Waals surface area (Å²) in [6.07, 6.45) is 1.40. The summed E-state index contributed by atoms with van der Waals surface area (Å²) in [6.45, 7) is 3.56. The van der Waals surface area contributed by atoms with E-state index in [1.807, 2.05) is 0 Å². The molecule has 0 spiro atoms. The number of aromatic nitrogens is 1. The molecule has 0 aromatic carbocycles. The van der Waals surface area contributed by atoms with Crippen molar-refractivity contribution < 1.29 is 24.7 Å². The van der Waals surface area contributed by atoms with Gasteiger partial charge < -0.3 is 21.4 Å². The molecule has 0 saturated carbocycles. The molecule has 2 aliphatic heterocycles. The number of amides is 2. The summed E-state index contributed by atoms with van der Waals surface area (Å²) >= 11 is 2.37. The third-order valence-electron chi connectivity index (χ3n) is 3.81. The molecule has 13 heteroatoms. The molecular formula is C14H14N5NaO5S2. The van der Waals surface area contributed by atoms with Crippen molar-refractivity contribution in [2.45, 2.75) is 11.4 Å². The van der Waals surface area contributed by atoms with Crippen LogP contribution in [0.1, 0.15) is 5.69 Å². The number of thioether (sulfide) groups is 1. The van der Waals surface area contributed by atoms with E-state index in [2.05, 4.69) is 22.0 Å². The second-order valence-corrected chi connectivity index (χ2v) is 7.26. The van der Waals surface area contributed by atoms with Crippen molar-refractivity contribution in [2.24, 2.45) is 5.16 Å². The van der Waals surface area contributed by atoms with E-state index in [-0.39, 0.29) is 51.8 Å². The van der Waals surface area contributed by atoms with Crippen LogP contribution in [0.25, 0.3) is 0 Å². The van der Waals surface area contributed by atoms with E-state index in [0.29, 0.717) is 11.3 Å². The first kappa shape index (κ1) is 21.4. The summed E-state index contributed by atoms with van der Waals surface area (Å²) in [5.41, 5.74) is 5.49. The van der Waals surface area contributed by atoms with Crippen LogP contribution < -0.4 is 11.1 Å². The average molecular weight is 419 g/mol. The molecule has 2 aliphatic rings. The van der Waals surface area contributed by atoms with E-state index in [9.17, 15) is 19.5 Å². The number of anilines is 1. The number of carbonyl (C=O) groups excluding carboxylic acids is 2. The van der Waals surface area contributed by atoms with Crippen molar-refractivity contribution in [1.29, 1.82) is 0 Å². The number of aliphatic carboxylic acids is 1. The number of rotatable bonds is 5. The van der Waals surface area contributed by atoms with Gasteiger partial charge in [0.15, 0.2) is 10.8 Å². The number of hydrogen-bond acceptors (Lipinski definition) is 9. The molecule has 3 rings (SSSR count). The summed E-state index contributed by atoms with van der Waals surface area (Å²) in [7, 11) is 0. The number of allylic oxidation sites excluding steroid dienone is 1. The third kappa shape index (κ3) is 3.75. The molecule has 138 valence electrons. The summed E-state index contributed by atoms with van der Waals surface area (Å²) < 4.78 is 0. The van der Waals surface area contributed by atoms with Gasteiger partial charge in [-0.15, -0.1) is 23.1 Å². The van der Waals surface area contributed by atoms with Crippen LogP contribution in [0.5, 0.6) is 0 Å². The molecule has 1 fully saturated rings. The fourth-order valence-corrected chi connectivity index (χ4v) is 4.51. The van der Waals surface area contributed by atoms with Gasteiger partial charge in [-0.3, -0.25) is 14.5 Å². The number of thiazole rings is 1. The zero-order valence-electron chi connectivity index (χ0n) is 13.1. The standard InChI is InChI=1S/C14H13N5O5S2.Na.H/c1-2-5-3-25-12-8(11(21)19(12)9(5)13(22)23)17-10(20)7(18-24)6-4-26-14(15)16-6;;/h2,4,8,12,24H,1,3H2,(H2,15,16)(H,17,20)(H,22,23);;/t8-,12-;;/m1../s1. The fraction of sp³-hybridized carbons (Fsp3) is 0.214. The monoisotopic (exact) mass is 419 g/mol. The van der Waals surface area contributed by atoms with Gasteiger partial charge in [-0.2, -0.15) is 0 Å². The number of carboxylic acid groups (broad SMARTS) is 1. The van der Waals surface area contributed by atoms with Crippen molar-refractivity contribution in [2.75, 3.05) is 11.5 Å². The van der Waals surface area contributed by atoms with Gasteiger partial charge in [-0.25, -0.2) is 9.78 Å². The summed E-state index contributed by atoms with van der Waals surface area (Å²) in [5, 5.41) is 24.9. The summed E-state index contributed by atoms with van der Waals surface area (Å²) in [6, 6.07) is -0.944. The zero-order valence-corrected chi connectivity index (χ0v) is 14.7. The van der Waals surface area contributed by atoms with Crippen molar-refractivity contribution >= 4 is 81.3 Å². The van der Waals surface area contributed by atoms with Crippen LogP contribution in [-0.2, 0) is 14.4 Å². The molecule has 0 bridgehead atoms. The molecule has 1 saturated heterocycles. The molecular weight excluding hydrogens is 405 g/mol. The Labute approximate surface area is 183 Å². The predicted molar refractivity (Wildman–Crippen MR) is 102 cm³/mol. The Morgan fingerprint density at radius 1 is 1.52 bits per heavy atom.